The van der Waals surface area contributed by atoms with E-state index in [9.17, 15) is 4.79 Å². The molecule has 0 aliphatic carbocycles. The Hall–Kier alpha value is -2.17. The topological polar surface area (TPSA) is 68.0 Å². The number of carboxylic acids is 1. The van der Waals surface area contributed by atoms with Crippen LogP contribution in [0.5, 0.6) is 0 Å². The second-order valence-electron chi connectivity index (χ2n) is 3.51. The Morgan fingerprint density at radius 1 is 1.38 bits per heavy atom. The summed E-state index contributed by atoms with van der Waals surface area (Å²) in [6, 6.07) is 3.33. The Morgan fingerprint density at radius 3 is 2.69 bits per heavy atom. The van der Waals surface area contributed by atoms with Crippen molar-refractivity contribution in [1.82, 2.24) is 14.8 Å². The molecule has 16 heavy (non-hydrogen) atoms. The van der Waals surface area contributed by atoms with Crippen molar-refractivity contribution in [2.45, 2.75) is 13.8 Å². The van der Waals surface area contributed by atoms with E-state index in [2.05, 4.69) is 10.1 Å². The average Bonchev–Trinajstić information content (AvgIpc) is 2.66. The quantitative estimate of drug-likeness (QED) is 0.829. The zero-order valence-electron chi connectivity index (χ0n) is 9.01. The molecular weight excluding hydrogens is 206 g/mol. The molecule has 0 spiro atoms. The summed E-state index contributed by atoms with van der Waals surface area (Å²) in [5.74, 6) is -1.03. The lowest BCUT2D eigenvalue weighted by Crippen LogP contribution is -2.04. The first-order valence-electron chi connectivity index (χ1n) is 4.81. The second kappa shape index (κ2) is 3.77. The lowest BCUT2D eigenvalue weighted by molar-refractivity contribution is 0.0690. The van der Waals surface area contributed by atoms with Crippen LogP contribution >= 0.6 is 0 Å². The summed E-state index contributed by atoms with van der Waals surface area (Å²) in [4.78, 5) is 14.9. The van der Waals surface area contributed by atoms with Crippen LogP contribution in [-0.4, -0.2) is 25.8 Å². The van der Waals surface area contributed by atoms with Crippen molar-refractivity contribution in [3.8, 4) is 5.69 Å². The number of hydrogen-bond donors (Lipinski definition) is 1. The van der Waals surface area contributed by atoms with Crippen LogP contribution in [-0.2, 0) is 0 Å². The van der Waals surface area contributed by atoms with Gasteiger partial charge >= 0.3 is 5.97 Å². The average molecular weight is 217 g/mol. The maximum Gasteiger partial charge on any atom is 0.356 e. The predicted molar refractivity (Wildman–Crippen MR) is 57.8 cm³/mol. The molecule has 0 bridgehead atoms. The SMILES string of the molecule is Cc1ccnc(C)c1-n1ccc(C(=O)O)n1. The summed E-state index contributed by atoms with van der Waals surface area (Å²) in [6.45, 7) is 3.80. The van der Waals surface area contributed by atoms with E-state index >= 15 is 0 Å². The summed E-state index contributed by atoms with van der Waals surface area (Å²) in [6.07, 6.45) is 3.34. The molecule has 2 rings (SSSR count). The van der Waals surface area contributed by atoms with Crippen LogP contribution < -0.4 is 0 Å². The highest BCUT2D eigenvalue weighted by atomic mass is 16.4. The fraction of sp³-hybridized carbons (Fsp3) is 0.182. The maximum absolute atomic E-state index is 10.7. The number of hydrogen-bond acceptors (Lipinski definition) is 3. The van der Waals surface area contributed by atoms with Crippen molar-refractivity contribution in [3.05, 3.63) is 41.5 Å². The van der Waals surface area contributed by atoms with Gasteiger partial charge in [-0.25, -0.2) is 9.48 Å². The summed E-state index contributed by atoms with van der Waals surface area (Å²) in [5, 5.41) is 12.8. The van der Waals surface area contributed by atoms with Crippen molar-refractivity contribution < 1.29 is 9.90 Å². The molecule has 5 nitrogen and oxygen atoms in total. The number of pyridine rings is 1. The van der Waals surface area contributed by atoms with Crippen molar-refractivity contribution in [1.29, 1.82) is 0 Å². The Balaban J connectivity index is 2.54. The summed E-state index contributed by atoms with van der Waals surface area (Å²) in [5.41, 5.74) is 2.69. The Bertz CT molecular complexity index is 526. The van der Waals surface area contributed by atoms with Crippen molar-refractivity contribution in [2.75, 3.05) is 0 Å². The van der Waals surface area contributed by atoms with Crippen LogP contribution in [0, 0.1) is 13.8 Å². The smallest absolute Gasteiger partial charge is 0.356 e. The first-order chi connectivity index (χ1) is 7.59. The molecule has 0 aliphatic heterocycles. The third-order valence-electron chi connectivity index (χ3n) is 2.35. The molecule has 2 aromatic heterocycles. The van der Waals surface area contributed by atoms with Crippen LogP contribution in [0.3, 0.4) is 0 Å². The molecule has 0 saturated carbocycles. The highest BCUT2D eigenvalue weighted by Crippen LogP contribution is 2.15. The largest absolute Gasteiger partial charge is 0.476 e. The van der Waals surface area contributed by atoms with E-state index < -0.39 is 5.97 Å². The van der Waals surface area contributed by atoms with Gasteiger partial charge in [-0.05, 0) is 31.5 Å². The van der Waals surface area contributed by atoms with E-state index in [0.717, 1.165) is 16.9 Å². The number of carboxylic acid groups (broad SMARTS) is 1. The lowest BCUT2D eigenvalue weighted by atomic mass is 10.2. The number of aromatic nitrogens is 3. The van der Waals surface area contributed by atoms with Crippen molar-refractivity contribution >= 4 is 5.97 Å². The van der Waals surface area contributed by atoms with E-state index in [1.807, 2.05) is 19.9 Å². The van der Waals surface area contributed by atoms with Gasteiger partial charge in [0.1, 0.15) is 0 Å². The van der Waals surface area contributed by atoms with Gasteiger partial charge in [0.2, 0.25) is 0 Å². The van der Waals surface area contributed by atoms with E-state index in [4.69, 9.17) is 5.11 Å². The normalized spacial score (nSPS) is 10.4. The zero-order chi connectivity index (χ0) is 11.7. The second-order valence-corrected chi connectivity index (χ2v) is 3.51. The van der Waals surface area contributed by atoms with E-state index in [1.54, 1.807) is 17.1 Å². The minimum atomic E-state index is -1.03. The maximum atomic E-state index is 10.7. The molecule has 0 atom stereocenters. The minimum Gasteiger partial charge on any atom is -0.476 e. The Morgan fingerprint density at radius 2 is 2.12 bits per heavy atom. The van der Waals surface area contributed by atoms with Crippen molar-refractivity contribution in [2.24, 2.45) is 0 Å². The highest BCUT2D eigenvalue weighted by molar-refractivity contribution is 5.85. The molecule has 2 aromatic rings. The first-order valence-corrected chi connectivity index (χ1v) is 4.81. The fourth-order valence-electron chi connectivity index (χ4n) is 1.60. The van der Waals surface area contributed by atoms with Gasteiger partial charge in [-0.2, -0.15) is 5.10 Å². The van der Waals surface area contributed by atoms with Gasteiger partial charge in [0.15, 0.2) is 5.69 Å². The molecule has 0 radical (unpaired) electrons. The van der Waals surface area contributed by atoms with E-state index in [1.165, 1.54) is 6.07 Å². The third-order valence-corrected chi connectivity index (χ3v) is 2.35. The van der Waals surface area contributed by atoms with Crippen LogP contribution in [0.15, 0.2) is 24.5 Å². The molecule has 0 aliphatic rings. The molecule has 0 unspecified atom stereocenters. The first kappa shape index (κ1) is 10.4. The molecule has 0 saturated heterocycles. The van der Waals surface area contributed by atoms with E-state index in [0.29, 0.717) is 0 Å². The van der Waals surface area contributed by atoms with Crippen LogP contribution in [0.4, 0.5) is 0 Å². The number of aryl methyl sites for hydroxylation is 2. The van der Waals surface area contributed by atoms with Gasteiger partial charge < -0.3 is 5.11 Å². The van der Waals surface area contributed by atoms with Gasteiger partial charge in [-0.15, -0.1) is 0 Å². The number of carbonyl (C=O) groups is 1. The van der Waals surface area contributed by atoms with E-state index in [-0.39, 0.29) is 5.69 Å². The van der Waals surface area contributed by atoms with Gasteiger partial charge in [0, 0.05) is 12.4 Å². The van der Waals surface area contributed by atoms with Crippen LogP contribution in [0.1, 0.15) is 21.7 Å². The zero-order valence-corrected chi connectivity index (χ0v) is 9.01. The van der Waals surface area contributed by atoms with Crippen LogP contribution in [0.2, 0.25) is 0 Å². The lowest BCUT2D eigenvalue weighted by Gasteiger charge is -2.07. The monoisotopic (exact) mass is 217 g/mol. The van der Waals surface area contributed by atoms with Gasteiger partial charge in [0.25, 0.3) is 0 Å². The van der Waals surface area contributed by atoms with Gasteiger partial charge in [0.05, 0.1) is 11.4 Å². The molecule has 0 aromatic carbocycles. The molecule has 82 valence electrons. The fourth-order valence-corrected chi connectivity index (χ4v) is 1.60. The third kappa shape index (κ3) is 1.67. The molecule has 0 fully saturated rings. The van der Waals surface area contributed by atoms with Crippen LogP contribution in [0.25, 0.3) is 5.69 Å². The molecule has 1 N–H and O–H groups in total. The number of aromatic carboxylic acids is 1. The van der Waals surface area contributed by atoms with Gasteiger partial charge in [-0.1, -0.05) is 0 Å². The molecule has 5 heteroatoms. The van der Waals surface area contributed by atoms with Gasteiger partial charge in [-0.3, -0.25) is 4.98 Å². The summed E-state index contributed by atoms with van der Waals surface area (Å²) in [7, 11) is 0. The molecule has 2 heterocycles. The number of rotatable bonds is 2. The van der Waals surface area contributed by atoms with Crippen molar-refractivity contribution in [3.63, 3.8) is 0 Å². The summed E-state index contributed by atoms with van der Waals surface area (Å²) < 4.78 is 1.54. The summed E-state index contributed by atoms with van der Waals surface area (Å²) >= 11 is 0. The molecular formula is C11H11N3O2. The predicted octanol–water partition coefficient (Wildman–Crippen LogP) is 1.58. The standard InChI is InChI=1S/C11H11N3O2/c1-7-3-5-12-8(2)10(7)14-6-4-9(13-14)11(15)16/h3-6H,1-2H3,(H,15,16). The highest BCUT2D eigenvalue weighted by Gasteiger charge is 2.11. The Labute approximate surface area is 92.4 Å². The Kier molecular flexibility index (Phi) is 2.44. The minimum absolute atomic E-state index is 0.0302. The molecule has 0 amide bonds. The number of nitrogens with zero attached hydrogens (tertiary/aromatic N) is 3.